The third-order valence-electron chi connectivity index (χ3n) is 4.62. The highest BCUT2D eigenvalue weighted by Crippen LogP contribution is 2.31. The van der Waals surface area contributed by atoms with Crippen molar-refractivity contribution in [3.8, 4) is 22.8 Å². The number of hydrogen-bond acceptors (Lipinski definition) is 3. The lowest BCUT2D eigenvalue weighted by molar-refractivity contribution is -0.401. The highest BCUT2D eigenvalue weighted by atomic mass is 35.5. The van der Waals surface area contributed by atoms with Crippen LogP contribution in [0.15, 0.2) is 77.2 Å². The van der Waals surface area contributed by atoms with Crippen LogP contribution < -0.4 is 19.8 Å². The summed E-state index contributed by atoms with van der Waals surface area (Å²) >= 11 is 6.03. The number of rotatable bonds is 2. The van der Waals surface area contributed by atoms with Crippen LogP contribution in [0.1, 0.15) is 0 Å². The van der Waals surface area contributed by atoms with Crippen molar-refractivity contribution in [1.29, 1.82) is 0 Å². The van der Waals surface area contributed by atoms with Crippen LogP contribution in [0.25, 0.3) is 22.3 Å². The van der Waals surface area contributed by atoms with E-state index in [1.807, 2.05) is 72.8 Å². The number of benzene rings is 3. The summed E-state index contributed by atoms with van der Waals surface area (Å²) in [5.41, 5.74) is 2.68. The zero-order chi connectivity index (χ0) is 23.4. The number of ether oxygens (including phenoxy) is 2. The van der Waals surface area contributed by atoms with Gasteiger partial charge in [-0.05, 0) is 42.5 Å². The highest BCUT2D eigenvalue weighted by Gasteiger charge is 2.20. The molecule has 33 heavy (non-hydrogen) atoms. The van der Waals surface area contributed by atoms with E-state index in [9.17, 15) is 17.3 Å². The Morgan fingerprint density at radius 1 is 0.788 bits per heavy atom. The van der Waals surface area contributed by atoms with Crippen molar-refractivity contribution in [1.82, 2.24) is 0 Å². The Bertz CT molecular complexity index is 1330. The van der Waals surface area contributed by atoms with Crippen LogP contribution >= 0.6 is 11.6 Å². The Morgan fingerprint density at radius 2 is 1.45 bits per heavy atom. The van der Waals surface area contributed by atoms with E-state index >= 15 is 0 Å². The van der Waals surface area contributed by atoms with Crippen molar-refractivity contribution in [2.45, 2.75) is 0 Å². The standard InChI is InChI=1S/C23H16ClNO3.BF4/c24-16-7-5-15(6-8-16)22-14-19(18-3-1-2-4-20(18)28-22)25-17-9-10-21-23(13-17)27-12-11-26-21;2-1(3,4)5/h1-10,13-14H,11-12H2;/q;-1/p+1. The lowest BCUT2D eigenvalue weighted by atomic mass is 10.1. The first-order valence-corrected chi connectivity index (χ1v) is 10.3. The average Bonchev–Trinajstić information content (AvgIpc) is 2.78. The zero-order valence-electron chi connectivity index (χ0n) is 17.0. The highest BCUT2D eigenvalue weighted by molar-refractivity contribution is 6.50. The first-order valence-electron chi connectivity index (χ1n) is 9.92. The van der Waals surface area contributed by atoms with Crippen LogP contribution in [0.4, 0.5) is 23.0 Å². The van der Waals surface area contributed by atoms with Gasteiger partial charge in [0, 0.05) is 16.7 Å². The maximum atomic E-state index is 9.75. The van der Waals surface area contributed by atoms with Gasteiger partial charge in [0.25, 0.3) is 0 Å². The molecule has 4 nitrogen and oxygen atoms in total. The van der Waals surface area contributed by atoms with Crippen molar-refractivity contribution in [3.63, 3.8) is 0 Å². The summed E-state index contributed by atoms with van der Waals surface area (Å²) in [6, 6.07) is 23.4. The van der Waals surface area contributed by atoms with Gasteiger partial charge in [-0.25, -0.2) is 4.99 Å². The molecule has 0 bridgehead atoms. The van der Waals surface area contributed by atoms with Gasteiger partial charge in [-0.3, -0.25) is 0 Å². The van der Waals surface area contributed by atoms with Gasteiger partial charge < -0.3 is 31.2 Å². The molecule has 5 rings (SSSR count). The van der Waals surface area contributed by atoms with Crippen LogP contribution in [-0.2, 0) is 0 Å². The first kappa shape index (κ1) is 22.7. The molecule has 1 N–H and O–H groups in total. The molecule has 0 unspecified atom stereocenters. The lowest BCUT2D eigenvalue weighted by Gasteiger charge is -2.17. The van der Waals surface area contributed by atoms with Crippen molar-refractivity contribution in [3.05, 3.63) is 83.2 Å². The molecule has 3 aromatic carbocycles. The van der Waals surface area contributed by atoms with Gasteiger partial charge in [-0.2, -0.15) is 0 Å². The van der Waals surface area contributed by atoms with Crippen LogP contribution in [0.3, 0.4) is 0 Å². The van der Waals surface area contributed by atoms with E-state index in [4.69, 9.17) is 25.5 Å². The Balaban J connectivity index is 0.000000471. The second-order valence-corrected chi connectivity index (χ2v) is 7.44. The fourth-order valence-electron chi connectivity index (χ4n) is 3.27. The molecule has 170 valence electrons. The normalized spacial score (nSPS) is 13.4. The minimum absolute atomic E-state index is 0.560. The maximum Gasteiger partial charge on any atom is 0.673 e. The average molecular weight is 478 g/mol. The number of para-hydroxylation sites is 1. The third kappa shape index (κ3) is 6.07. The molecule has 1 aliphatic rings. The minimum atomic E-state index is -6.00. The van der Waals surface area contributed by atoms with Crippen molar-refractivity contribution in [2.24, 2.45) is 0 Å². The molecule has 0 radical (unpaired) electrons. The SMILES string of the molecule is Clc1ccc(-c2cc(=[NH+]c3ccc4c(c3)OCCO4)c3ccccc3o2)cc1.F[B-](F)(F)F. The summed E-state index contributed by atoms with van der Waals surface area (Å²) in [7, 11) is -6.00. The van der Waals surface area contributed by atoms with Crippen LogP contribution in [-0.4, -0.2) is 20.5 Å². The van der Waals surface area contributed by atoms with Gasteiger partial charge in [0.05, 0.1) is 17.5 Å². The first-order chi connectivity index (χ1) is 15.8. The van der Waals surface area contributed by atoms with Gasteiger partial charge >= 0.3 is 7.25 Å². The molecule has 1 aliphatic heterocycles. The molecular weight excluding hydrogens is 461 g/mol. The van der Waals surface area contributed by atoms with E-state index in [0.29, 0.717) is 18.2 Å². The van der Waals surface area contributed by atoms with Gasteiger partial charge in [0.1, 0.15) is 24.6 Å². The Hall–Kier alpha value is -3.46. The van der Waals surface area contributed by atoms with Crippen LogP contribution in [0.2, 0.25) is 5.02 Å². The van der Waals surface area contributed by atoms with E-state index in [2.05, 4.69) is 4.99 Å². The summed E-state index contributed by atoms with van der Waals surface area (Å²) in [5.74, 6) is 2.28. The Labute approximate surface area is 191 Å². The topological polar surface area (TPSA) is 45.6 Å². The molecule has 10 heteroatoms. The molecule has 0 fully saturated rings. The summed E-state index contributed by atoms with van der Waals surface area (Å²) in [5, 5.41) is 2.64. The summed E-state index contributed by atoms with van der Waals surface area (Å²) in [6.45, 7) is 1.14. The fraction of sp³-hybridized carbons (Fsp3) is 0.0870. The largest absolute Gasteiger partial charge is 0.673 e. The fourth-order valence-corrected chi connectivity index (χ4v) is 3.40. The van der Waals surface area contributed by atoms with Crippen molar-refractivity contribution >= 4 is 35.5 Å². The van der Waals surface area contributed by atoms with E-state index in [1.54, 1.807) is 0 Å². The van der Waals surface area contributed by atoms with E-state index in [1.165, 1.54) is 0 Å². The molecule has 0 saturated carbocycles. The Morgan fingerprint density at radius 3 is 2.18 bits per heavy atom. The predicted molar refractivity (Wildman–Crippen MR) is 118 cm³/mol. The van der Waals surface area contributed by atoms with Crippen molar-refractivity contribution < 1.29 is 36.1 Å². The van der Waals surface area contributed by atoms with E-state index < -0.39 is 7.25 Å². The van der Waals surface area contributed by atoms with Gasteiger partial charge in [-0.1, -0.05) is 23.7 Å². The summed E-state index contributed by atoms with van der Waals surface area (Å²) < 4.78 is 56.4. The molecule has 1 aromatic heterocycles. The van der Waals surface area contributed by atoms with Crippen molar-refractivity contribution in [2.75, 3.05) is 13.2 Å². The molecule has 2 heterocycles. The molecule has 0 atom stereocenters. The lowest BCUT2D eigenvalue weighted by Crippen LogP contribution is -2.70. The zero-order valence-corrected chi connectivity index (χ0v) is 17.8. The maximum absolute atomic E-state index is 9.75. The van der Waals surface area contributed by atoms with Gasteiger partial charge in [-0.15, -0.1) is 0 Å². The third-order valence-corrected chi connectivity index (χ3v) is 4.87. The van der Waals surface area contributed by atoms with E-state index in [0.717, 1.165) is 44.8 Å². The van der Waals surface area contributed by atoms with Gasteiger partial charge in [0.15, 0.2) is 11.5 Å². The number of halogens is 5. The summed E-state index contributed by atoms with van der Waals surface area (Å²) in [6.07, 6.45) is 0. The predicted octanol–water partition coefficient (Wildman–Crippen LogP) is 5.14. The number of hydrogen-bond donors (Lipinski definition) is 1. The minimum Gasteiger partial charge on any atom is -0.486 e. The van der Waals surface area contributed by atoms with Crippen LogP contribution in [0.5, 0.6) is 11.5 Å². The molecule has 0 saturated heterocycles. The second kappa shape index (κ2) is 9.58. The van der Waals surface area contributed by atoms with E-state index in [-0.39, 0.29) is 0 Å². The monoisotopic (exact) mass is 477 g/mol. The quantitative estimate of drug-likeness (QED) is 0.321. The smallest absolute Gasteiger partial charge is 0.486 e. The molecule has 4 aromatic rings. The molecule has 0 spiro atoms. The number of nitrogens with one attached hydrogen (secondary N) is 1. The molecular formula is C23H17BClF4NO3. The number of fused-ring (bicyclic) bond motifs is 2. The molecule has 0 amide bonds. The van der Waals surface area contributed by atoms with Crippen LogP contribution in [0, 0.1) is 0 Å². The molecule has 0 aliphatic carbocycles. The van der Waals surface area contributed by atoms with Gasteiger partial charge in [0.2, 0.25) is 11.0 Å². The Kier molecular flexibility index (Phi) is 6.60. The second-order valence-electron chi connectivity index (χ2n) is 7.01. The summed E-state index contributed by atoms with van der Waals surface area (Å²) in [4.78, 5) is 3.50.